The summed E-state index contributed by atoms with van der Waals surface area (Å²) < 4.78 is 5.02. The first-order valence-corrected chi connectivity index (χ1v) is 6.08. The Hall–Kier alpha value is -1.65. The third-order valence-corrected chi connectivity index (χ3v) is 3.01. The Morgan fingerprint density at radius 2 is 2.17 bits per heavy atom. The van der Waals surface area contributed by atoms with Gasteiger partial charge in [-0.1, -0.05) is 24.3 Å². The molecule has 1 unspecified atom stereocenters. The van der Waals surface area contributed by atoms with Gasteiger partial charge in [-0.3, -0.25) is 0 Å². The highest BCUT2D eigenvalue weighted by Crippen LogP contribution is 2.22. The quantitative estimate of drug-likeness (QED) is 0.850. The second-order valence-corrected chi connectivity index (χ2v) is 4.39. The summed E-state index contributed by atoms with van der Waals surface area (Å²) in [6.07, 6.45) is 2.60. The van der Waals surface area contributed by atoms with Crippen LogP contribution in [0.3, 0.4) is 0 Å². The van der Waals surface area contributed by atoms with Gasteiger partial charge in [-0.2, -0.15) is 0 Å². The first-order chi connectivity index (χ1) is 8.72. The molecular weight excluding hydrogens is 226 g/mol. The van der Waals surface area contributed by atoms with Crippen molar-refractivity contribution in [3.8, 4) is 11.3 Å². The number of H-pyrrole nitrogens is 1. The molecule has 0 saturated carbocycles. The highest BCUT2D eigenvalue weighted by Gasteiger charge is 2.11. The van der Waals surface area contributed by atoms with E-state index in [1.807, 2.05) is 18.3 Å². The van der Waals surface area contributed by atoms with Crippen molar-refractivity contribution in [2.24, 2.45) is 5.73 Å². The Morgan fingerprint density at radius 3 is 2.89 bits per heavy atom. The molecule has 0 fully saturated rings. The van der Waals surface area contributed by atoms with E-state index < -0.39 is 0 Å². The summed E-state index contributed by atoms with van der Waals surface area (Å²) in [5.41, 5.74) is 9.43. The normalized spacial score (nSPS) is 12.6. The van der Waals surface area contributed by atoms with Gasteiger partial charge in [-0.15, -0.1) is 0 Å². The Morgan fingerprint density at radius 1 is 1.39 bits per heavy atom. The van der Waals surface area contributed by atoms with E-state index >= 15 is 0 Å². The molecule has 0 bridgehead atoms. The van der Waals surface area contributed by atoms with Gasteiger partial charge in [0.25, 0.3) is 0 Å². The van der Waals surface area contributed by atoms with Crippen LogP contribution in [-0.2, 0) is 4.74 Å². The molecule has 0 aliphatic carbocycles. The Bertz CT molecular complexity index is 507. The number of hydrogen-bond acceptors (Lipinski definition) is 3. The van der Waals surface area contributed by atoms with Gasteiger partial charge < -0.3 is 15.5 Å². The molecule has 1 aromatic carbocycles. The van der Waals surface area contributed by atoms with E-state index in [9.17, 15) is 0 Å². The van der Waals surface area contributed by atoms with Gasteiger partial charge in [0.15, 0.2) is 0 Å². The van der Waals surface area contributed by atoms with Crippen molar-refractivity contribution in [1.29, 1.82) is 0 Å². The van der Waals surface area contributed by atoms with Crippen molar-refractivity contribution in [2.75, 3.05) is 13.7 Å². The largest absolute Gasteiger partial charge is 0.385 e. The van der Waals surface area contributed by atoms with Crippen LogP contribution in [0.2, 0.25) is 0 Å². The maximum absolute atomic E-state index is 6.04. The van der Waals surface area contributed by atoms with E-state index in [2.05, 4.69) is 29.0 Å². The average Bonchev–Trinajstić information content (AvgIpc) is 2.86. The van der Waals surface area contributed by atoms with Gasteiger partial charge in [0.05, 0.1) is 17.9 Å². The minimum atomic E-state index is -0.109. The maximum Gasteiger partial charge on any atom is 0.123 e. The molecular formula is C14H19N3O. The zero-order valence-electron chi connectivity index (χ0n) is 10.8. The number of methoxy groups -OCH3 is 1. The lowest BCUT2D eigenvalue weighted by molar-refractivity contribution is 0.187. The number of aromatic nitrogens is 2. The van der Waals surface area contributed by atoms with E-state index in [1.165, 1.54) is 5.56 Å². The van der Waals surface area contributed by atoms with Crippen LogP contribution in [0.25, 0.3) is 11.3 Å². The van der Waals surface area contributed by atoms with E-state index in [-0.39, 0.29) is 6.04 Å². The summed E-state index contributed by atoms with van der Waals surface area (Å²) in [6.45, 7) is 2.72. The van der Waals surface area contributed by atoms with E-state index in [0.29, 0.717) is 6.61 Å². The van der Waals surface area contributed by atoms with Crippen LogP contribution in [0.15, 0.2) is 30.5 Å². The lowest BCUT2D eigenvalue weighted by Gasteiger charge is -2.07. The second-order valence-electron chi connectivity index (χ2n) is 4.39. The Balaban J connectivity index is 2.18. The monoisotopic (exact) mass is 245 g/mol. The molecule has 3 N–H and O–H groups in total. The molecule has 96 valence electrons. The van der Waals surface area contributed by atoms with Crippen molar-refractivity contribution in [3.63, 3.8) is 0 Å². The summed E-state index contributed by atoms with van der Waals surface area (Å²) in [5, 5.41) is 0. The number of hydrogen-bond donors (Lipinski definition) is 2. The molecule has 1 aromatic heterocycles. The zero-order chi connectivity index (χ0) is 13.0. The molecule has 4 nitrogen and oxygen atoms in total. The number of nitrogens with zero attached hydrogens (tertiary/aromatic N) is 1. The van der Waals surface area contributed by atoms with Gasteiger partial charge in [0, 0.05) is 19.3 Å². The van der Waals surface area contributed by atoms with Gasteiger partial charge in [0.1, 0.15) is 5.82 Å². The smallest absolute Gasteiger partial charge is 0.123 e. The standard InChI is InChI=1S/C14H19N3O/c1-10-5-3-4-6-11(10)13-9-16-14(17-13)12(15)7-8-18-2/h3-6,9,12H,7-8,15H2,1-2H3,(H,16,17). The van der Waals surface area contributed by atoms with Crippen LogP contribution < -0.4 is 5.73 Å². The number of aromatic amines is 1. The van der Waals surface area contributed by atoms with Crippen LogP contribution in [0.1, 0.15) is 23.9 Å². The molecule has 1 atom stereocenters. The van der Waals surface area contributed by atoms with Crippen molar-refractivity contribution in [2.45, 2.75) is 19.4 Å². The predicted molar refractivity (Wildman–Crippen MR) is 72.2 cm³/mol. The number of imidazole rings is 1. The summed E-state index contributed by atoms with van der Waals surface area (Å²) in [5.74, 6) is 0.810. The fraction of sp³-hybridized carbons (Fsp3) is 0.357. The van der Waals surface area contributed by atoms with Crippen LogP contribution in [0.4, 0.5) is 0 Å². The lowest BCUT2D eigenvalue weighted by atomic mass is 10.1. The molecule has 4 heteroatoms. The van der Waals surface area contributed by atoms with Gasteiger partial charge >= 0.3 is 0 Å². The maximum atomic E-state index is 6.04. The number of nitrogens with one attached hydrogen (secondary N) is 1. The Labute approximate surface area is 107 Å². The molecule has 18 heavy (non-hydrogen) atoms. The zero-order valence-corrected chi connectivity index (χ0v) is 10.8. The van der Waals surface area contributed by atoms with Gasteiger partial charge in [-0.25, -0.2) is 4.98 Å². The highest BCUT2D eigenvalue weighted by atomic mass is 16.5. The van der Waals surface area contributed by atoms with Crippen LogP contribution in [0.5, 0.6) is 0 Å². The molecule has 1 heterocycles. The fourth-order valence-corrected chi connectivity index (χ4v) is 1.92. The molecule has 0 radical (unpaired) electrons. The molecule has 0 spiro atoms. The molecule has 2 rings (SSSR count). The van der Waals surface area contributed by atoms with Crippen molar-refractivity contribution >= 4 is 0 Å². The van der Waals surface area contributed by atoms with Crippen LogP contribution >= 0.6 is 0 Å². The third-order valence-electron chi connectivity index (χ3n) is 3.01. The topological polar surface area (TPSA) is 63.9 Å². The second kappa shape index (κ2) is 5.80. The molecule has 0 amide bonds. The van der Waals surface area contributed by atoms with Crippen LogP contribution in [-0.4, -0.2) is 23.7 Å². The molecule has 0 aliphatic heterocycles. The summed E-state index contributed by atoms with van der Waals surface area (Å²) in [6, 6.07) is 8.10. The molecule has 0 aliphatic rings. The fourth-order valence-electron chi connectivity index (χ4n) is 1.92. The summed E-state index contributed by atoms with van der Waals surface area (Å²) in [7, 11) is 1.67. The van der Waals surface area contributed by atoms with Crippen LogP contribution in [0, 0.1) is 6.92 Å². The molecule has 2 aromatic rings. The average molecular weight is 245 g/mol. The SMILES string of the molecule is COCCC(N)c1ncc(-c2ccccc2C)[nH]1. The van der Waals surface area contributed by atoms with Gasteiger partial charge in [-0.05, 0) is 18.9 Å². The highest BCUT2D eigenvalue weighted by molar-refractivity contribution is 5.62. The number of ether oxygens (including phenoxy) is 1. The van der Waals surface area contributed by atoms with E-state index in [4.69, 9.17) is 10.5 Å². The first kappa shape index (κ1) is 12.8. The predicted octanol–water partition coefficient (Wildman–Crippen LogP) is 2.42. The minimum Gasteiger partial charge on any atom is -0.385 e. The lowest BCUT2D eigenvalue weighted by Crippen LogP contribution is -2.14. The van der Waals surface area contributed by atoms with E-state index in [0.717, 1.165) is 23.5 Å². The van der Waals surface area contributed by atoms with Crippen molar-refractivity contribution in [1.82, 2.24) is 9.97 Å². The summed E-state index contributed by atoms with van der Waals surface area (Å²) in [4.78, 5) is 7.64. The Kier molecular flexibility index (Phi) is 4.12. The van der Waals surface area contributed by atoms with Crippen molar-refractivity contribution < 1.29 is 4.74 Å². The van der Waals surface area contributed by atoms with E-state index in [1.54, 1.807) is 7.11 Å². The number of aryl methyl sites for hydroxylation is 1. The third kappa shape index (κ3) is 2.78. The van der Waals surface area contributed by atoms with Crippen molar-refractivity contribution in [3.05, 3.63) is 41.9 Å². The molecule has 0 saturated heterocycles. The number of nitrogens with two attached hydrogens (primary N) is 1. The first-order valence-electron chi connectivity index (χ1n) is 6.08. The number of rotatable bonds is 5. The summed E-state index contributed by atoms with van der Waals surface area (Å²) >= 11 is 0. The van der Waals surface area contributed by atoms with Gasteiger partial charge in [0.2, 0.25) is 0 Å². The minimum absolute atomic E-state index is 0.109. The number of benzene rings is 1.